The van der Waals surface area contributed by atoms with Crippen molar-refractivity contribution < 1.29 is 9.53 Å². The smallest absolute Gasteiger partial charge is 0.252 e. The Morgan fingerprint density at radius 2 is 1.81 bits per heavy atom. The zero-order chi connectivity index (χ0) is 26.4. The molecule has 2 aromatic heterocycles. The first-order valence-electron chi connectivity index (χ1n) is 13.1. The van der Waals surface area contributed by atoms with Gasteiger partial charge in [0.2, 0.25) is 5.88 Å². The number of hydrogen-bond acceptors (Lipinski definition) is 6. The molecule has 4 rings (SSSR count). The van der Waals surface area contributed by atoms with E-state index in [2.05, 4.69) is 67.0 Å². The van der Waals surface area contributed by atoms with Crippen LogP contribution < -0.4 is 15.4 Å². The molecule has 0 bridgehead atoms. The number of ether oxygens (including phenoxy) is 1. The summed E-state index contributed by atoms with van der Waals surface area (Å²) in [7, 11) is 2.18. The maximum absolute atomic E-state index is 12.2. The largest absolute Gasteiger partial charge is 0.478 e. The van der Waals surface area contributed by atoms with Crippen LogP contribution in [-0.4, -0.2) is 47.5 Å². The van der Waals surface area contributed by atoms with Crippen molar-refractivity contribution in [2.75, 3.05) is 31.6 Å². The molecule has 0 unspecified atom stereocenters. The first-order chi connectivity index (χ1) is 17.7. The number of primary amides is 1. The molecule has 196 valence electrons. The number of hydrogen-bond donors (Lipinski definition) is 1. The third-order valence-electron chi connectivity index (χ3n) is 7.11. The van der Waals surface area contributed by atoms with E-state index >= 15 is 0 Å². The van der Waals surface area contributed by atoms with Gasteiger partial charge in [0.05, 0.1) is 12.2 Å². The van der Waals surface area contributed by atoms with Crippen LogP contribution in [0.5, 0.6) is 5.88 Å². The third-order valence-corrected chi connectivity index (χ3v) is 7.11. The van der Waals surface area contributed by atoms with Crippen LogP contribution in [0.3, 0.4) is 0 Å². The number of nitrogens with two attached hydrogens (primary N) is 1. The van der Waals surface area contributed by atoms with E-state index in [1.807, 2.05) is 17.0 Å². The van der Waals surface area contributed by atoms with Crippen molar-refractivity contribution in [1.82, 2.24) is 14.9 Å². The molecule has 3 aromatic rings. The molecule has 1 aliphatic rings. The molecule has 7 nitrogen and oxygen atoms in total. The molecule has 1 aliphatic heterocycles. The highest BCUT2D eigenvalue weighted by Gasteiger charge is 2.21. The Morgan fingerprint density at radius 3 is 2.49 bits per heavy atom. The van der Waals surface area contributed by atoms with Crippen molar-refractivity contribution in [2.24, 2.45) is 11.7 Å². The lowest BCUT2D eigenvalue weighted by Crippen LogP contribution is -2.30. The van der Waals surface area contributed by atoms with Crippen molar-refractivity contribution in [3.05, 3.63) is 77.6 Å². The maximum atomic E-state index is 12.2. The molecule has 1 amide bonds. The summed E-state index contributed by atoms with van der Waals surface area (Å²) in [5.41, 5.74) is 9.30. The Kier molecular flexibility index (Phi) is 8.44. The molecule has 1 aromatic carbocycles. The molecule has 2 N–H and O–H groups in total. The highest BCUT2D eigenvalue weighted by Crippen LogP contribution is 2.31. The minimum Gasteiger partial charge on any atom is -0.478 e. The minimum atomic E-state index is -0.507. The highest BCUT2D eigenvalue weighted by molar-refractivity contribution is 5.98. The molecule has 0 atom stereocenters. The van der Waals surface area contributed by atoms with E-state index in [0.717, 1.165) is 30.8 Å². The van der Waals surface area contributed by atoms with Gasteiger partial charge in [-0.1, -0.05) is 32.9 Å². The summed E-state index contributed by atoms with van der Waals surface area (Å²) in [5.74, 6) is 1.35. The van der Waals surface area contributed by atoms with Crippen LogP contribution in [0.25, 0.3) is 0 Å². The Morgan fingerprint density at radius 1 is 1.08 bits per heavy atom. The standard InChI is InChI=1S/C30H39N5O2/c1-30(2,3)24-7-9-25(10-8-24)35(29-26(28(31)36)6-5-15-33-29)21-23-11-16-32-27(20-23)37-19-14-22-12-17-34(4)18-13-22/h5-11,15-16,20,22H,12-14,17-19,21H2,1-4H3,(H2,31,36). The van der Waals surface area contributed by atoms with Gasteiger partial charge in [-0.05, 0) is 92.2 Å². The highest BCUT2D eigenvalue weighted by atomic mass is 16.5. The van der Waals surface area contributed by atoms with Gasteiger partial charge in [-0.15, -0.1) is 0 Å². The molecule has 0 saturated carbocycles. The number of benzene rings is 1. The van der Waals surface area contributed by atoms with Crippen molar-refractivity contribution >= 4 is 17.4 Å². The number of aromatic nitrogens is 2. The predicted octanol–water partition coefficient (Wildman–Crippen LogP) is 5.32. The van der Waals surface area contributed by atoms with Crippen LogP contribution >= 0.6 is 0 Å². The van der Waals surface area contributed by atoms with Crippen LogP contribution in [0, 0.1) is 5.92 Å². The van der Waals surface area contributed by atoms with Gasteiger partial charge in [0, 0.05) is 30.7 Å². The third kappa shape index (κ3) is 7.07. The molecule has 7 heteroatoms. The Balaban J connectivity index is 1.54. The van der Waals surface area contributed by atoms with E-state index in [1.165, 1.54) is 18.4 Å². The second kappa shape index (κ2) is 11.7. The van der Waals surface area contributed by atoms with E-state index in [-0.39, 0.29) is 5.41 Å². The zero-order valence-corrected chi connectivity index (χ0v) is 22.5. The van der Waals surface area contributed by atoms with E-state index in [0.29, 0.717) is 36.3 Å². The summed E-state index contributed by atoms with van der Waals surface area (Å²) in [6.45, 7) is 10.0. The lowest BCUT2D eigenvalue weighted by atomic mass is 9.87. The number of rotatable bonds is 9. The molecular formula is C30H39N5O2. The Labute approximate surface area is 220 Å². The summed E-state index contributed by atoms with van der Waals surface area (Å²) in [5, 5.41) is 0. The van der Waals surface area contributed by atoms with Crippen LogP contribution in [-0.2, 0) is 12.0 Å². The maximum Gasteiger partial charge on any atom is 0.252 e. The van der Waals surface area contributed by atoms with Crippen molar-refractivity contribution in [2.45, 2.75) is 52.0 Å². The first kappa shape index (κ1) is 26.6. The number of likely N-dealkylation sites (tertiary alicyclic amines) is 1. The summed E-state index contributed by atoms with van der Waals surface area (Å²) in [6, 6.07) is 15.8. The number of pyridine rings is 2. The van der Waals surface area contributed by atoms with E-state index < -0.39 is 5.91 Å². The fraction of sp³-hybridized carbons (Fsp3) is 0.433. The van der Waals surface area contributed by atoms with E-state index in [1.54, 1.807) is 24.5 Å². The fourth-order valence-corrected chi connectivity index (χ4v) is 4.73. The molecule has 1 fully saturated rings. The Hall–Kier alpha value is -3.45. The number of amides is 1. The second-order valence-corrected chi connectivity index (χ2v) is 11.0. The van der Waals surface area contributed by atoms with Gasteiger partial charge in [0.1, 0.15) is 5.82 Å². The minimum absolute atomic E-state index is 0.0393. The van der Waals surface area contributed by atoms with Crippen LogP contribution in [0.4, 0.5) is 11.5 Å². The number of carbonyl (C=O) groups is 1. The zero-order valence-electron chi connectivity index (χ0n) is 22.5. The van der Waals surface area contributed by atoms with Crippen LogP contribution in [0.15, 0.2) is 60.9 Å². The molecular weight excluding hydrogens is 462 g/mol. The molecule has 0 spiro atoms. The SMILES string of the molecule is CN1CCC(CCOc2cc(CN(c3ccc(C(C)(C)C)cc3)c3ncccc3C(N)=O)ccn2)CC1. The Bertz CT molecular complexity index is 1180. The number of carbonyl (C=O) groups excluding carboxylic acids is 1. The molecule has 1 saturated heterocycles. The lowest BCUT2D eigenvalue weighted by Gasteiger charge is -2.28. The topological polar surface area (TPSA) is 84.6 Å². The second-order valence-electron chi connectivity index (χ2n) is 11.0. The van der Waals surface area contributed by atoms with Gasteiger partial charge in [-0.3, -0.25) is 4.79 Å². The monoisotopic (exact) mass is 501 g/mol. The lowest BCUT2D eigenvalue weighted by molar-refractivity contribution is 0.100. The average Bonchev–Trinajstić information content (AvgIpc) is 2.88. The van der Waals surface area contributed by atoms with Gasteiger partial charge in [-0.2, -0.15) is 0 Å². The quantitative estimate of drug-likeness (QED) is 0.427. The van der Waals surface area contributed by atoms with Crippen molar-refractivity contribution in [3.8, 4) is 5.88 Å². The molecule has 37 heavy (non-hydrogen) atoms. The van der Waals surface area contributed by atoms with E-state index in [4.69, 9.17) is 10.5 Å². The average molecular weight is 502 g/mol. The molecule has 3 heterocycles. The molecule has 0 aliphatic carbocycles. The van der Waals surface area contributed by atoms with Gasteiger partial charge < -0.3 is 20.3 Å². The van der Waals surface area contributed by atoms with Gasteiger partial charge in [0.15, 0.2) is 0 Å². The normalized spacial score (nSPS) is 14.9. The van der Waals surface area contributed by atoms with Crippen molar-refractivity contribution in [3.63, 3.8) is 0 Å². The summed E-state index contributed by atoms with van der Waals surface area (Å²) >= 11 is 0. The summed E-state index contributed by atoms with van der Waals surface area (Å²) < 4.78 is 6.05. The number of nitrogens with zero attached hydrogens (tertiary/aromatic N) is 4. The van der Waals surface area contributed by atoms with Crippen LogP contribution in [0.2, 0.25) is 0 Å². The van der Waals surface area contributed by atoms with Crippen molar-refractivity contribution in [1.29, 1.82) is 0 Å². The van der Waals surface area contributed by atoms with Gasteiger partial charge in [0.25, 0.3) is 5.91 Å². The summed E-state index contributed by atoms with van der Waals surface area (Å²) in [6.07, 6.45) is 6.95. The van der Waals surface area contributed by atoms with Gasteiger partial charge in [-0.25, -0.2) is 9.97 Å². The van der Waals surface area contributed by atoms with E-state index in [9.17, 15) is 4.79 Å². The van der Waals surface area contributed by atoms with Gasteiger partial charge >= 0.3 is 0 Å². The number of piperidine rings is 1. The first-order valence-corrected chi connectivity index (χ1v) is 13.1. The number of anilines is 2. The predicted molar refractivity (Wildman–Crippen MR) is 148 cm³/mol. The fourth-order valence-electron chi connectivity index (χ4n) is 4.73. The van der Waals surface area contributed by atoms with Crippen LogP contribution in [0.1, 0.15) is 61.5 Å². The summed E-state index contributed by atoms with van der Waals surface area (Å²) in [4.78, 5) is 25.6. The molecule has 0 radical (unpaired) electrons.